The Bertz CT molecular complexity index is 1010. The normalized spacial score (nSPS) is 30.8. The lowest BCUT2D eigenvalue weighted by Crippen LogP contribution is -2.55. The molecule has 1 N–H and O–H groups in total. The first kappa shape index (κ1) is 30.7. The van der Waals surface area contributed by atoms with Gasteiger partial charge in [-0.2, -0.15) is 0 Å². The Morgan fingerprint density at radius 1 is 1.10 bits per heavy atom. The number of epoxide rings is 2. The fraction of sp³-hybridized carbons (Fsp3) is 0.645. The minimum absolute atomic E-state index is 0.00590. The zero-order valence-electron chi connectivity index (χ0n) is 24.1. The topological polar surface area (TPSA) is 109 Å². The minimum atomic E-state index is -0.401. The van der Waals surface area contributed by atoms with Crippen molar-refractivity contribution in [2.45, 2.75) is 69.5 Å². The second-order valence-electron chi connectivity index (χ2n) is 11.1. The van der Waals surface area contributed by atoms with Gasteiger partial charge < -0.3 is 38.3 Å². The summed E-state index contributed by atoms with van der Waals surface area (Å²) < 4.78 is 40.3. The molecule has 222 valence electrons. The molecule has 3 fully saturated rings. The van der Waals surface area contributed by atoms with E-state index in [1.54, 1.807) is 13.2 Å². The molecule has 0 amide bonds. The van der Waals surface area contributed by atoms with Crippen molar-refractivity contribution in [1.82, 2.24) is 0 Å². The van der Waals surface area contributed by atoms with Crippen LogP contribution in [0.1, 0.15) is 45.6 Å². The number of rotatable bonds is 16. The molecular formula is C31H44O9. The van der Waals surface area contributed by atoms with Gasteiger partial charge in [-0.3, -0.25) is 0 Å². The largest absolute Gasteiger partial charge is 0.491 e. The van der Waals surface area contributed by atoms with Gasteiger partial charge in [-0.15, -0.1) is 0 Å². The summed E-state index contributed by atoms with van der Waals surface area (Å²) in [5.74, 6) is 0.307. The first-order valence-electron chi connectivity index (χ1n) is 14.2. The van der Waals surface area contributed by atoms with Gasteiger partial charge in [-0.25, -0.2) is 4.79 Å². The number of hydrogen-bond acceptors (Lipinski definition) is 9. The van der Waals surface area contributed by atoms with Crippen LogP contribution in [-0.2, 0) is 33.2 Å². The third-order valence-electron chi connectivity index (χ3n) is 7.90. The van der Waals surface area contributed by atoms with Crippen LogP contribution in [0.2, 0.25) is 0 Å². The first-order chi connectivity index (χ1) is 19.3. The number of hydrogen-bond donors (Lipinski definition) is 1. The van der Waals surface area contributed by atoms with Crippen LogP contribution in [0.4, 0.5) is 0 Å². The molecule has 40 heavy (non-hydrogen) atoms. The molecule has 0 bridgehead atoms. The summed E-state index contributed by atoms with van der Waals surface area (Å²) in [6, 6.07) is 7.45. The van der Waals surface area contributed by atoms with Crippen molar-refractivity contribution in [3.05, 3.63) is 47.6 Å². The number of allylic oxidation sites excluding steroid dienone is 1. The van der Waals surface area contributed by atoms with Crippen molar-refractivity contribution in [1.29, 1.82) is 0 Å². The standard InChI is InChI=1S/C31H44O9/c1-22(2)5-11-26-30(3,40-26)29-28(34-4)25(13-14-31(29)21-38-31)39-27(33)12-8-23-6-9-24(10-7-23)37-20-19-36-18-17-35-16-15-32/h5-10,12,25-26,28-29,32H,11,13-21H2,1-4H3/b12-8+/t25-,26-,28-,29-,30+,31+/m1/s1. The third kappa shape index (κ3) is 7.93. The zero-order valence-corrected chi connectivity index (χ0v) is 24.1. The van der Waals surface area contributed by atoms with E-state index in [1.165, 1.54) is 11.6 Å². The van der Waals surface area contributed by atoms with Crippen LogP contribution in [0.5, 0.6) is 5.75 Å². The smallest absolute Gasteiger partial charge is 0.331 e. The first-order valence-corrected chi connectivity index (χ1v) is 14.2. The van der Waals surface area contributed by atoms with Gasteiger partial charge in [0.15, 0.2) is 0 Å². The number of carbonyl (C=O) groups is 1. The van der Waals surface area contributed by atoms with Crippen molar-refractivity contribution in [2.24, 2.45) is 5.92 Å². The fourth-order valence-corrected chi connectivity index (χ4v) is 5.70. The molecule has 0 unspecified atom stereocenters. The highest BCUT2D eigenvalue weighted by molar-refractivity contribution is 5.87. The molecule has 4 rings (SSSR count). The summed E-state index contributed by atoms with van der Waals surface area (Å²) in [6.45, 7) is 9.08. The lowest BCUT2D eigenvalue weighted by Gasteiger charge is -2.42. The van der Waals surface area contributed by atoms with Crippen molar-refractivity contribution < 1.29 is 43.1 Å². The number of methoxy groups -OCH3 is 1. The van der Waals surface area contributed by atoms with E-state index in [4.69, 9.17) is 38.3 Å². The molecule has 6 atom stereocenters. The van der Waals surface area contributed by atoms with Gasteiger partial charge in [0.1, 0.15) is 35.8 Å². The maximum Gasteiger partial charge on any atom is 0.331 e. The number of benzene rings is 1. The van der Waals surface area contributed by atoms with Crippen LogP contribution in [-0.4, -0.2) is 93.9 Å². The highest BCUT2D eigenvalue weighted by Crippen LogP contribution is 2.59. The Hall–Kier alpha value is -2.27. The van der Waals surface area contributed by atoms with Gasteiger partial charge in [-0.1, -0.05) is 23.8 Å². The van der Waals surface area contributed by atoms with E-state index in [9.17, 15) is 4.79 Å². The molecule has 2 aliphatic heterocycles. The average Bonchev–Trinajstić information content (AvgIpc) is 3.86. The number of carbonyl (C=O) groups excluding carboxylic acids is 1. The molecule has 2 saturated heterocycles. The monoisotopic (exact) mass is 560 g/mol. The third-order valence-corrected chi connectivity index (χ3v) is 7.90. The van der Waals surface area contributed by atoms with E-state index >= 15 is 0 Å². The van der Waals surface area contributed by atoms with Gasteiger partial charge in [0.05, 0.1) is 51.7 Å². The predicted octanol–water partition coefficient (Wildman–Crippen LogP) is 3.72. The van der Waals surface area contributed by atoms with Crippen LogP contribution in [0, 0.1) is 5.92 Å². The summed E-state index contributed by atoms with van der Waals surface area (Å²) in [7, 11) is 1.68. The van der Waals surface area contributed by atoms with Crippen LogP contribution >= 0.6 is 0 Å². The van der Waals surface area contributed by atoms with Crippen LogP contribution < -0.4 is 4.74 Å². The fourth-order valence-electron chi connectivity index (χ4n) is 5.70. The predicted molar refractivity (Wildman–Crippen MR) is 149 cm³/mol. The number of ether oxygens (including phenoxy) is 7. The quantitative estimate of drug-likeness (QED) is 0.106. The molecule has 9 heteroatoms. The highest BCUT2D eigenvalue weighted by Gasteiger charge is 2.72. The van der Waals surface area contributed by atoms with E-state index in [-0.39, 0.29) is 42.0 Å². The average molecular weight is 561 g/mol. The number of aliphatic hydroxyl groups is 1. The Morgan fingerprint density at radius 2 is 1.80 bits per heavy atom. The molecule has 0 aromatic heterocycles. The van der Waals surface area contributed by atoms with Gasteiger partial charge in [-0.05, 0) is 63.8 Å². The summed E-state index contributed by atoms with van der Waals surface area (Å²) in [5.41, 5.74) is 1.51. The molecule has 2 heterocycles. The number of aliphatic hydroxyl groups excluding tert-OH is 1. The van der Waals surface area contributed by atoms with E-state index < -0.39 is 5.97 Å². The lowest BCUT2D eigenvalue weighted by molar-refractivity contribution is -0.166. The number of esters is 1. The Balaban J connectivity index is 1.25. The molecule has 1 aromatic carbocycles. The van der Waals surface area contributed by atoms with Crippen LogP contribution in [0.15, 0.2) is 42.0 Å². The second kappa shape index (κ2) is 14.1. The van der Waals surface area contributed by atoms with Gasteiger partial charge in [0, 0.05) is 13.2 Å². The maximum atomic E-state index is 12.8. The summed E-state index contributed by atoms with van der Waals surface area (Å²) >= 11 is 0. The van der Waals surface area contributed by atoms with Crippen molar-refractivity contribution in [3.63, 3.8) is 0 Å². The molecule has 3 aliphatic rings. The molecule has 1 saturated carbocycles. The van der Waals surface area contributed by atoms with Crippen LogP contribution in [0.25, 0.3) is 6.08 Å². The van der Waals surface area contributed by atoms with Crippen molar-refractivity contribution >= 4 is 12.0 Å². The molecule has 1 aromatic rings. The summed E-state index contributed by atoms with van der Waals surface area (Å²) in [5, 5.41) is 8.66. The molecular weight excluding hydrogens is 516 g/mol. The maximum absolute atomic E-state index is 12.8. The lowest BCUT2D eigenvalue weighted by atomic mass is 9.68. The molecule has 0 radical (unpaired) electrons. The summed E-state index contributed by atoms with van der Waals surface area (Å²) in [4.78, 5) is 12.8. The Kier molecular flexibility index (Phi) is 10.8. The van der Waals surface area contributed by atoms with E-state index in [0.29, 0.717) is 51.8 Å². The Labute approximate surface area is 237 Å². The Morgan fingerprint density at radius 3 is 2.45 bits per heavy atom. The minimum Gasteiger partial charge on any atom is -0.491 e. The van der Waals surface area contributed by atoms with Gasteiger partial charge in [0.25, 0.3) is 0 Å². The SMILES string of the molecule is CO[C@@H]1[C@H](OC(=O)/C=C/c2ccc(OCCOCCOCCO)cc2)CC[C@]2(CO2)[C@H]1[C@@]1(C)O[C@@H]1CC=C(C)C. The zero-order chi connectivity index (χ0) is 28.6. The molecule has 1 spiro atoms. The van der Waals surface area contributed by atoms with Crippen LogP contribution in [0.3, 0.4) is 0 Å². The highest BCUT2D eigenvalue weighted by atomic mass is 16.6. The van der Waals surface area contributed by atoms with Crippen molar-refractivity contribution in [2.75, 3.05) is 53.4 Å². The van der Waals surface area contributed by atoms with Crippen molar-refractivity contribution in [3.8, 4) is 5.75 Å². The van der Waals surface area contributed by atoms with Gasteiger partial charge >= 0.3 is 5.97 Å². The van der Waals surface area contributed by atoms with E-state index in [0.717, 1.165) is 18.4 Å². The van der Waals surface area contributed by atoms with E-state index in [1.807, 2.05) is 24.3 Å². The molecule has 1 aliphatic carbocycles. The van der Waals surface area contributed by atoms with E-state index in [2.05, 4.69) is 26.8 Å². The molecule has 9 nitrogen and oxygen atoms in total. The summed E-state index contributed by atoms with van der Waals surface area (Å²) in [6.07, 6.45) is 7.19. The van der Waals surface area contributed by atoms with Gasteiger partial charge in [0.2, 0.25) is 0 Å². The second-order valence-corrected chi connectivity index (χ2v) is 11.1.